The number of benzene rings is 1. The van der Waals surface area contributed by atoms with E-state index in [1.54, 1.807) is 0 Å². The Balaban J connectivity index is 3.14. The summed E-state index contributed by atoms with van der Waals surface area (Å²) in [6.07, 6.45) is 0.953. The first-order chi connectivity index (χ1) is 6.50. The number of aliphatic carboxylic acids is 1. The second-order valence-electron chi connectivity index (χ2n) is 2.90. The number of hydrogen-bond acceptors (Lipinski definition) is 2. The van der Waals surface area contributed by atoms with E-state index in [4.69, 9.17) is 10.8 Å². The van der Waals surface area contributed by atoms with E-state index >= 15 is 0 Å². The van der Waals surface area contributed by atoms with Gasteiger partial charge < -0.3 is 10.8 Å². The fourth-order valence-electron chi connectivity index (χ4n) is 1.11. The Morgan fingerprint density at radius 2 is 2.21 bits per heavy atom. The van der Waals surface area contributed by atoms with E-state index in [2.05, 4.69) is 0 Å². The summed E-state index contributed by atoms with van der Waals surface area (Å²) in [6, 6.07) is 4.14. The molecule has 3 N–H and O–H groups in total. The molecule has 3 nitrogen and oxygen atoms in total. The van der Waals surface area contributed by atoms with E-state index in [-0.39, 0.29) is 5.56 Å². The van der Waals surface area contributed by atoms with E-state index in [1.807, 2.05) is 0 Å². The van der Waals surface area contributed by atoms with Gasteiger partial charge in [-0.3, -0.25) is 0 Å². The highest BCUT2D eigenvalue weighted by Gasteiger charge is 2.05. The SMILES string of the molecule is CC(=CC(=O)O)c1ccc(N)cc1F. The fourth-order valence-corrected chi connectivity index (χ4v) is 1.11. The van der Waals surface area contributed by atoms with Crippen LogP contribution in [0.4, 0.5) is 10.1 Å². The Bertz CT molecular complexity index is 399. The van der Waals surface area contributed by atoms with Crippen LogP contribution in [0.5, 0.6) is 0 Å². The zero-order chi connectivity index (χ0) is 10.7. The van der Waals surface area contributed by atoms with Crippen LogP contribution in [0.3, 0.4) is 0 Å². The molecule has 14 heavy (non-hydrogen) atoms. The summed E-state index contributed by atoms with van der Waals surface area (Å²) in [4.78, 5) is 10.3. The van der Waals surface area contributed by atoms with Crippen molar-refractivity contribution in [2.45, 2.75) is 6.92 Å². The van der Waals surface area contributed by atoms with Gasteiger partial charge in [0.05, 0.1) is 0 Å². The van der Waals surface area contributed by atoms with Gasteiger partial charge in [-0.25, -0.2) is 9.18 Å². The monoisotopic (exact) mass is 195 g/mol. The number of allylic oxidation sites excluding steroid dienone is 1. The third-order valence-corrected chi connectivity index (χ3v) is 1.76. The molecule has 0 unspecified atom stereocenters. The predicted molar refractivity (Wildman–Crippen MR) is 52.1 cm³/mol. The highest BCUT2D eigenvalue weighted by atomic mass is 19.1. The molecule has 0 spiro atoms. The standard InChI is InChI=1S/C10H10FNO2/c1-6(4-10(13)14)8-3-2-7(12)5-9(8)11/h2-5H,12H2,1H3,(H,13,14). The molecular weight excluding hydrogens is 185 g/mol. The van der Waals surface area contributed by atoms with Crippen molar-refractivity contribution >= 4 is 17.2 Å². The topological polar surface area (TPSA) is 63.3 Å². The van der Waals surface area contributed by atoms with Crippen molar-refractivity contribution in [1.29, 1.82) is 0 Å². The molecule has 0 fully saturated rings. The van der Waals surface area contributed by atoms with Gasteiger partial charge in [-0.05, 0) is 30.7 Å². The van der Waals surface area contributed by atoms with Crippen LogP contribution in [0.15, 0.2) is 24.3 Å². The predicted octanol–water partition coefficient (Wildman–Crippen LogP) is 1.90. The van der Waals surface area contributed by atoms with Crippen molar-refractivity contribution in [2.24, 2.45) is 0 Å². The van der Waals surface area contributed by atoms with E-state index in [9.17, 15) is 9.18 Å². The lowest BCUT2D eigenvalue weighted by Crippen LogP contribution is -1.94. The molecule has 1 aromatic carbocycles. The van der Waals surface area contributed by atoms with E-state index in [0.29, 0.717) is 11.3 Å². The molecule has 0 saturated heterocycles. The van der Waals surface area contributed by atoms with Crippen LogP contribution in [0.1, 0.15) is 12.5 Å². The number of hydrogen-bond donors (Lipinski definition) is 2. The van der Waals surface area contributed by atoms with Gasteiger partial charge in [0.2, 0.25) is 0 Å². The molecule has 1 aromatic rings. The molecular formula is C10H10FNO2. The quantitative estimate of drug-likeness (QED) is 0.559. The summed E-state index contributed by atoms with van der Waals surface area (Å²) in [5, 5.41) is 8.47. The van der Waals surface area contributed by atoms with E-state index < -0.39 is 11.8 Å². The van der Waals surface area contributed by atoms with E-state index in [1.165, 1.54) is 19.1 Å². The van der Waals surface area contributed by atoms with Gasteiger partial charge in [-0.15, -0.1) is 0 Å². The summed E-state index contributed by atoms with van der Waals surface area (Å²) in [5.41, 5.74) is 6.28. The van der Waals surface area contributed by atoms with Crippen LogP contribution >= 0.6 is 0 Å². The molecule has 0 aliphatic rings. The highest BCUT2D eigenvalue weighted by Crippen LogP contribution is 2.19. The second-order valence-corrected chi connectivity index (χ2v) is 2.90. The summed E-state index contributed by atoms with van der Waals surface area (Å²) in [5.74, 6) is -1.61. The molecule has 74 valence electrons. The van der Waals surface area contributed by atoms with Crippen LogP contribution in [-0.2, 0) is 4.79 Å². The summed E-state index contributed by atoms with van der Waals surface area (Å²) in [7, 11) is 0. The molecule has 0 aromatic heterocycles. The number of nitrogens with two attached hydrogens (primary N) is 1. The van der Waals surface area contributed by atoms with Gasteiger partial charge >= 0.3 is 5.97 Å². The number of nitrogen functional groups attached to an aromatic ring is 1. The Kier molecular flexibility index (Phi) is 2.86. The first-order valence-electron chi connectivity index (χ1n) is 3.97. The van der Waals surface area contributed by atoms with Gasteiger partial charge in [-0.2, -0.15) is 0 Å². The largest absolute Gasteiger partial charge is 0.478 e. The van der Waals surface area contributed by atoms with Crippen molar-refractivity contribution in [3.8, 4) is 0 Å². The van der Waals surface area contributed by atoms with Crippen molar-refractivity contribution in [2.75, 3.05) is 5.73 Å². The lowest BCUT2D eigenvalue weighted by molar-refractivity contribution is -0.131. The molecule has 0 amide bonds. The lowest BCUT2D eigenvalue weighted by atomic mass is 10.1. The number of carbonyl (C=O) groups is 1. The fraction of sp³-hybridized carbons (Fsp3) is 0.100. The summed E-state index contributed by atoms with van der Waals surface area (Å²) in [6.45, 7) is 1.53. The van der Waals surface area contributed by atoms with Gasteiger partial charge in [0.25, 0.3) is 0 Å². The number of rotatable bonds is 2. The maximum atomic E-state index is 13.2. The van der Waals surface area contributed by atoms with Gasteiger partial charge in [0.1, 0.15) is 5.82 Å². The molecule has 0 saturated carbocycles. The van der Waals surface area contributed by atoms with Crippen molar-refractivity contribution in [3.63, 3.8) is 0 Å². The average molecular weight is 195 g/mol. The number of carboxylic acids is 1. The maximum absolute atomic E-state index is 13.2. The van der Waals surface area contributed by atoms with E-state index in [0.717, 1.165) is 12.1 Å². The molecule has 0 bridgehead atoms. The molecule has 0 aliphatic carbocycles. The number of anilines is 1. The molecule has 0 heterocycles. The zero-order valence-electron chi connectivity index (χ0n) is 7.62. The Morgan fingerprint density at radius 3 is 2.71 bits per heavy atom. The number of halogens is 1. The zero-order valence-corrected chi connectivity index (χ0v) is 7.62. The van der Waals surface area contributed by atoms with Crippen LogP contribution in [0.25, 0.3) is 5.57 Å². The molecule has 0 aliphatic heterocycles. The normalized spacial score (nSPS) is 11.4. The molecule has 0 radical (unpaired) electrons. The van der Waals surface area contributed by atoms with Crippen LogP contribution < -0.4 is 5.73 Å². The minimum atomic E-state index is -1.10. The third-order valence-electron chi connectivity index (χ3n) is 1.76. The smallest absolute Gasteiger partial charge is 0.328 e. The van der Waals surface area contributed by atoms with Crippen molar-refractivity contribution in [3.05, 3.63) is 35.7 Å². The molecule has 4 heteroatoms. The number of carboxylic acid groups (broad SMARTS) is 1. The molecule has 1 rings (SSSR count). The molecule has 0 atom stereocenters. The minimum absolute atomic E-state index is 0.251. The minimum Gasteiger partial charge on any atom is -0.478 e. The Labute approximate surface area is 80.7 Å². The van der Waals surface area contributed by atoms with Gasteiger partial charge in [-0.1, -0.05) is 0 Å². The van der Waals surface area contributed by atoms with Gasteiger partial charge in [0, 0.05) is 17.3 Å². The Hall–Kier alpha value is -1.84. The lowest BCUT2D eigenvalue weighted by Gasteiger charge is -2.03. The van der Waals surface area contributed by atoms with Crippen molar-refractivity contribution in [1.82, 2.24) is 0 Å². The van der Waals surface area contributed by atoms with Crippen LogP contribution in [0.2, 0.25) is 0 Å². The van der Waals surface area contributed by atoms with Crippen molar-refractivity contribution < 1.29 is 14.3 Å². The third kappa shape index (κ3) is 2.32. The highest BCUT2D eigenvalue weighted by molar-refractivity contribution is 5.89. The summed E-state index contributed by atoms with van der Waals surface area (Å²) < 4.78 is 13.2. The summed E-state index contributed by atoms with van der Waals surface area (Å²) >= 11 is 0. The van der Waals surface area contributed by atoms with Crippen LogP contribution in [0, 0.1) is 5.82 Å². The van der Waals surface area contributed by atoms with Crippen LogP contribution in [-0.4, -0.2) is 11.1 Å². The van der Waals surface area contributed by atoms with Gasteiger partial charge in [0.15, 0.2) is 0 Å². The maximum Gasteiger partial charge on any atom is 0.328 e. The average Bonchev–Trinajstić information content (AvgIpc) is 2.01. The first-order valence-corrected chi connectivity index (χ1v) is 3.97. The first kappa shape index (κ1) is 10.2. The second kappa shape index (κ2) is 3.91. The Morgan fingerprint density at radius 1 is 1.57 bits per heavy atom.